The fourth-order valence-electron chi connectivity index (χ4n) is 2.53. The minimum absolute atomic E-state index is 0.0124. The lowest BCUT2D eigenvalue weighted by Crippen LogP contribution is -2.27. The lowest BCUT2D eigenvalue weighted by Gasteiger charge is -2.17. The van der Waals surface area contributed by atoms with E-state index in [2.05, 4.69) is 4.99 Å². The molecule has 0 saturated heterocycles. The molecule has 1 N–H and O–H groups in total. The number of carbonyl (C=O) groups is 2. The van der Waals surface area contributed by atoms with E-state index in [0.717, 1.165) is 22.5 Å². The van der Waals surface area contributed by atoms with Gasteiger partial charge in [0.15, 0.2) is 0 Å². The Morgan fingerprint density at radius 3 is 2.29 bits per heavy atom. The molecule has 0 aliphatic carbocycles. The van der Waals surface area contributed by atoms with Gasteiger partial charge in [0.05, 0.1) is 24.2 Å². The number of hydrogen-bond acceptors (Lipinski definition) is 3. The number of carboxylic acids is 1. The molecule has 28 heavy (non-hydrogen) atoms. The van der Waals surface area contributed by atoms with Gasteiger partial charge in [-0.1, -0.05) is 48.5 Å². The number of halogens is 3. The lowest BCUT2D eigenvalue weighted by atomic mass is 10.0. The number of anilines is 1. The molecule has 8 heteroatoms. The Kier molecular flexibility index (Phi) is 6.92. The number of carboxylic acid groups (broad SMARTS) is 1. The molecular formula is C20H19F3N2O3. The van der Waals surface area contributed by atoms with Crippen molar-refractivity contribution in [2.45, 2.75) is 19.0 Å². The van der Waals surface area contributed by atoms with Gasteiger partial charge in [0.2, 0.25) is 5.91 Å². The first-order chi connectivity index (χ1) is 13.2. The van der Waals surface area contributed by atoms with Crippen molar-refractivity contribution in [2.24, 2.45) is 4.99 Å². The van der Waals surface area contributed by atoms with Crippen LogP contribution in [0, 0.1) is 0 Å². The van der Waals surface area contributed by atoms with Gasteiger partial charge in [-0.25, -0.2) is 0 Å². The molecule has 0 spiro atoms. The molecule has 1 aliphatic rings. The van der Waals surface area contributed by atoms with E-state index in [4.69, 9.17) is 5.11 Å². The molecule has 2 aromatic carbocycles. The van der Waals surface area contributed by atoms with Gasteiger partial charge in [-0.15, -0.1) is 0 Å². The van der Waals surface area contributed by atoms with Crippen molar-refractivity contribution in [3.63, 3.8) is 0 Å². The molecule has 148 valence electrons. The largest absolute Gasteiger partial charge is 0.481 e. The molecule has 0 bridgehead atoms. The summed E-state index contributed by atoms with van der Waals surface area (Å²) in [7, 11) is 1.80. The Bertz CT molecular complexity index is 864. The number of benzene rings is 2. The normalized spacial score (nSPS) is 13.6. The number of para-hydroxylation sites is 1. The van der Waals surface area contributed by atoms with Gasteiger partial charge in [-0.05, 0) is 6.07 Å². The molecule has 2 aromatic rings. The number of rotatable bonds is 3. The molecule has 0 fully saturated rings. The second-order valence-electron chi connectivity index (χ2n) is 6.01. The molecule has 5 nitrogen and oxygen atoms in total. The van der Waals surface area contributed by atoms with E-state index in [1.165, 1.54) is 0 Å². The minimum Gasteiger partial charge on any atom is -0.481 e. The third-order valence-corrected chi connectivity index (χ3v) is 3.94. The van der Waals surface area contributed by atoms with Crippen LogP contribution in [0.3, 0.4) is 0 Å². The van der Waals surface area contributed by atoms with Crippen LogP contribution in [0.25, 0.3) is 0 Å². The molecule has 1 heterocycles. The van der Waals surface area contributed by atoms with Crippen LogP contribution in [0.2, 0.25) is 0 Å². The monoisotopic (exact) mass is 392 g/mol. The summed E-state index contributed by atoms with van der Waals surface area (Å²) in [6, 6.07) is 17.9. The highest BCUT2D eigenvalue weighted by molar-refractivity contribution is 6.19. The average molecular weight is 392 g/mol. The van der Waals surface area contributed by atoms with Crippen molar-refractivity contribution in [3.8, 4) is 0 Å². The van der Waals surface area contributed by atoms with Gasteiger partial charge < -0.3 is 10.0 Å². The smallest absolute Gasteiger partial charge is 0.389 e. The predicted molar refractivity (Wildman–Crippen MR) is 99.7 cm³/mol. The zero-order valence-electron chi connectivity index (χ0n) is 15.1. The van der Waals surface area contributed by atoms with E-state index < -0.39 is 25.0 Å². The average Bonchev–Trinajstić information content (AvgIpc) is 2.79. The summed E-state index contributed by atoms with van der Waals surface area (Å²) in [5, 5.41) is 7.78. The molecule has 1 amide bonds. The van der Waals surface area contributed by atoms with Crippen molar-refractivity contribution in [2.75, 3.05) is 18.5 Å². The van der Waals surface area contributed by atoms with E-state index in [-0.39, 0.29) is 12.5 Å². The topological polar surface area (TPSA) is 70.0 Å². The van der Waals surface area contributed by atoms with Crippen molar-refractivity contribution in [3.05, 3.63) is 65.7 Å². The van der Waals surface area contributed by atoms with E-state index in [0.29, 0.717) is 0 Å². The highest BCUT2D eigenvalue weighted by atomic mass is 19.4. The third-order valence-electron chi connectivity index (χ3n) is 3.94. The molecule has 0 saturated carbocycles. The molecule has 1 aliphatic heterocycles. The number of aliphatic carboxylic acids is 1. The number of hydrogen-bond donors (Lipinski definition) is 1. The first-order valence-corrected chi connectivity index (χ1v) is 8.43. The number of aliphatic imine (C=N–C) groups is 1. The van der Waals surface area contributed by atoms with Crippen LogP contribution >= 0.6 is 0 Å². The van der Waals surface area contributed by atoms with Crippen LogP contribution in [0.4, 0.5) is 18.9 Å². The highest BCUT2D eigenvalue weighted by Crippen LogP contribution is 2.25. The maximum Gasteiger partial charge on any atom is 0.389 e. The van der Waals surface area contributed by atoms with E-state index >= 15 is 0 Å². The van der Waals surface area contributed by atoms with Gasteiger partial charge >= 0.3 is 12.1 Å². The lowest BCUT2D eigenvalue weighted by molar-refractivity contribution is -0.152. The van der Waals surface area contributed by atoms with Crippen molar-refractivity contribution < 1.29 is 27.9 Å². The predicted octanol–water partition coefficient (Wildman–Crippen LogP) is 3.91. The first-order valence-electron chi connectivity index (χ1n) is 8.43. The zero-order chi connectivity index (χ0) is 20.7. The van der Waals surface area contributed by atoms with Crippen molar-refractivity contribution in [1.29, 1.82) is 0 Å². The molecule has 0 aromatic heterocycles. The Morgan fingerprint density at radius 2 is 1.71 bits per heavy atom. The number of likely N-dealkylation sites (N-methyl/N-ethyl adjacent to an activating group) is 1. The van der Waals surface area contributed by atoms with Crippen molar-refractivity contribution >= 4 is 23.3 Å². The molecule has 3 rings (SSSR count). The minimum atomic E-state index is -4.35. The summed E-state index contributed by atoms with van der Waals surface area (Å²) in [4.78, 5) is 27.7. The highest BCUT2D eigenvalue weighted by Gasteiger charge is 2.27. The summed E-state index contributed by atoms with van der Waals surface area (Å²) in [5.41, 5.74) is 3.83. The summed E-state index contributed by atoms with van der Waals surface area (Å²) < 4.78 is 33.5. The zero-order valence-corrected chi connectivity index (χ0v) is 15.1. The molecule has 0 unspecified atom stereocenters. The molecule has 0 radical (unpaired) electrons. The quantitative estimate of drug-likeness (QED) is 0.861. The Labute approximate surface area is 160 Å². The summed E-state index contributed by atoms with van der Waals surface area (Å²) in [6.45, 7) is 0.190. The van der Waals surface area contributed by atoms with Crippen LogP contribution in [-0.2, 0) is 9.59 Å². The number of fused-ring (bicyclic) bond motifs is 1. The summed E-state index contributed by atoms with van der Waals surface area (Å²) in [5.74, 6) is -1.41. The van der Waals surface area contributed by atoms with Crippen LogP contribution < -0.4 is 4.90 Å². The number of carbonyl (C=O) groups excluding carboxylic acids is 1. The van der Waals surface area contributed by atoms with E-state index in [9.17, 15) is 22.8 Å². The van der Waals surface area contributed by atoms with Gasteiger partial charge in [0.1, 0.15) is 6.54 Å². The second-order valence-corrected chi connectivity index (χ2v) is 6.01. The fourth-order valence-corrected chi connectivity index (χ4v) is 2.53. The third kappa shape index (κ3) is 5.94. The summed E-state index contributed by atoms with van der Waals surface area (Å²) >= 11 is 0. The Hall–Kier alpha value is -3.16. The second kappa shape index (κ2) is 9.16. The van der Waals surface area contributed by atoms with Crippen LogP contribution in [0.15, 0.2) is 59.6 Å². The van der Waals surface area contributed by atoms with Crippen LogP contribution in [0.1, 0.15) is 24.0 Å². The number of benzodiazepines with no additional fused rings is 1. The maximum atomic E-state index is 12.0. The van der Waals surface area contributed by atoms with E-state index in [1.807, 2.05) is 54.6 Å². The van der Waals surface area contributed by atoms with E-state index in [1.54, 1.807) is 11.9 Å². The van der Waals surface area contributed by atoms with Gasteiger partial charge in [0, 0.05) is 18.2 Å². The summed E-state index contributed by atoms with van der Waals surface area (Å²) in [6.07, 6.45) is -6.44. The Balaban J connectivity index is 0.000000266. The van der Waals surface area contributed by atoms with Gasteiger partial charge in [0.25, 0.3) is 0 Å². The van der Waals surface area contributed by atoms with Crippen LogP contribution in [0.5, 0.6) is 0 Å². The van der Waals surface area contributed by atoms with Gasteiger partial charge in [-0.2, -0.15) is 13.2 Å². The molecule has 0 atom stereocenters. The maximum absolute atomic E-state index is 12.0. The Morgan fingerprint density at radius 1 is 1.11 bits per heavy atom. The number of nitrogens with zero attached hydrogens (tertiary/aromatic N) is 2. The van der Waals surface area contributed by atoms with Gasteiger partial charge in [-0.3, -0.25) is 14.6 Å². The fraction of sp³-hybridized carbons (Fsp3) is 0.250. The van der Waals surface area contributed by atoms with Crippen molar-refractivity contribution in [1.82, 2.24) is 0 Å². The first kappa shape index (κ1) is 21.1. The number of amides is 1. The molecular weight excluding hydrogens is 373 g/mol. The van der Waals surface area contributed by atoms with Crippen LogP contribution in [-0.4, -0.2) is 42.5 Å². The standard InChI is InChI=1S/C16H14N2O.C4H5F3O2/c1-18-14-10-6-5-9-13(14)16(17-11-15(18)19)12-7-3-2-4-8-12;5-4(6,7)2-1-3(8)9/h2-10H,11H2,1H3;1-2H2,(H,8,9). The number of alkyl halides is 3. The SMILES string of the molecule is CN1C(=O)CN=C(c2ccccc2)c2ccccc21.O=C(O)CCC(F)(F)F.